The smallest absolute Gasteiger partial charge is 0.254 e. The molecule has 17 heavy (non-hydrogen) atoms. The molecule has 1 aliphatic rings. The van der Waals surface area contributed by atoms with Crippen LogP contribution in [0.5, 0.6) is 0 Å². The average Bonchev–Trinajstić information content (AvgIpc) is 2.33. The molecule has 90 valence electrons. The largest absolute Gasteiger partial charge is 0.342 e. The van der Waals surface area contributed by atoms with Gasteiger partial charge in [-0.3, -0.25) is 9.59 Å². The van der Waals surface area contributed by atoms with Crippen LogP contribution >= 0.6 is 0 Å². The summed E-state index contributed by atoms with van der Waals surface area (Å²) >= 11 is 0. The van der Waals surface area contributed by atoms with Gasteiger partial charge in [0, 0.05) is 25.7 Å². The molecule has 0 bridgehead atoms. The van der Waals surface area contributed by atoms with E-state index in [1.165, 1.54) is 0 Å². The number of benzene rings is 1. The number of aryl methyl sites for hydroxylation is 1. The maximum absolute atomic E-state index is 12.1. The summed E-state index contributed by atoms with van der Waals surface area (Å²) in [6.45, 7) is 3.38. The molecule has 1 aromatic carbocycles. The second kappa shape index (κ2) is 4.57. The summed E-state index contributed by atoms with van der Waals surface area (Å²) in [6.07, 6.45) is 0. The molecule has 0 aromatic heterocycles. The molecule has 1 saturated heterocycles. The van der Waals surface area contributed by atoms with Gasteiger partial charge in [0.1, 0.15) is 6.54 Å². The van der Waals surface area contributed by atoms with E-state index in [-0.39, 0.29) is 18.4 Å². The first-order valence-corrected chi connectivity index (χ1v) is 5.68. The fourth-order valence-corrected chi connectivity index (χ4v) is 1.81. The molecule has 1 aromatic rings. The minimum absolute atomic E-state index is 0.00304. The van der Waals surface area contributed by atoms with Crippen LogP contribution in [0, 0.1) is 6.92 Å². The van der Waals surface area contributed by atoms with Gasteiger partial charge in [0.15, 0.2) is 0 Å². The number of piperazine rings is 1. The zero-order valence-corrected chi connectivity index (χ0v) is 10.1. The molecule has 1 heterocycles. The molecule has 0 radical (unpaired) electrons. The molecule has 0 aliphatic carbocycles. The third kappa shape index (κ3) is 2.46. The molecule has 0 spiro atoms. The van der Waals surface area contributed by atoms with Crippen molar-refractivity contribution in [3.8, 4) is 0 Å². The van der Waals surface area contributed by atoms with Gasteiger partial charge in [-0.15, -0.1) is 0 Å². The Hall–Kier alpha value is -1.84. The van der Waals surface area contributed by atoms with Crippen LogP contribution in [0.3, 0.4) is 0 Å². The van der Waals surface area contributed by atoms with Crippen molar-refractivity contribution in [2.45, 2.75) is 6.92 Å². The Morgan fingerprint density at radius 2 is 1.82 bits per heavy atom. The predicted octanol–water partition coefficient (Wildman–Crippen LogP) is 0.909. The Bertz CT molecular complexity index is 439. The van der Waals surface area contributed by atoms with Gasteiger partial charge in [-0.05, 0) is 19.1 Å². The predicted molar refractivity (Wildman–Crippen MR) is 64.7 cm³/mol. The van der Waals surface area contributed by atoms with E-state index < -0.39 is 0 Å². The van der Waals surface area contributed by atoms with Crippen molar-refractivity contribution in [1.29, 1.82) is 0 Å². The van der Waals surface area contributed by atoms with Gasteiger partial charge < -0.3 is 9.80 Å². The van der Waals surface area contributed by atoms with E-state index in [0.29, 0.717) is 18.7 Å². The lowest BCUT2D eigenvalue weighted by molar-refractivity contribution is -0.133. The fraction of sp³-hybridized carbons (Fsp3) is 0.385. The maximum Gasteiger partial charge on any atom is 0.254 e. The monoisotopic (exact) mass is 232 g/mol. The summed E-state index contributed by atoms with van der Waals surface area (Å²) < 4.78 is 0. The normalized spacial score (nSPS) is 16.2. The molecule has 1 fully saturated rings. The molecular formula is C13H16N2O2. The maximum atomic E-state index is 12.1. The van der Waals surface area contributed by atoms with E-state index in [0.717, 1.165) is 5.56 Å². The van der Waals surface area contributed by atoms with Gasteiger partial charge in [-0.2, -0.15) is 0 Å². The van der Waals surface area contributed by atoms with Crippen LogP contribution in [-0.4, -0.2) is 48.3 Å². The number of carbonyl (C=O) groups is 2. The van der Waals surface area contributed by atoms with Crippen molar-refractivity contribution in [1.82, 2.24) is 9.80 Å². The third-order valence-electron chi connectivity index (χ3n) is 3.04. The van der Waals surface area contributed by atoms with Crippen molar-refractivity contribution in [3.63, 3.8) is 0 Å². The molecule has 0 N–H and O–H groups in total. The van der Waals surface area contributed by atoms with Gasteiger partial charge in [-0.1, -0.05) is 17.7 Å². The van der Waals surface area contributed by atoms with Gasteiger partial charge in [0.05, 0.1) is 0 Å². The van der Waals surface area contributed by atoms with Crippen LogP contribution in [0.4, 0.5) is 0 Å². The fourth-order valence-electron chi connectivity index (χ4n) is 1.81. The second-order valence-electron chi connectivity index (χ2n) is 4.41. The Balaban J connectivity index is 2.10. The van der Waals surface area contributed by atoms with Gasteiger partial charge >= 0.3 is 0 Å². The number of amides is 2. The standard InChI is InChI=1S/C13H16N2O2/c1-10-3-5-11(6-4-10)13(17)15-8-7-14(2)12(16)9-15/h3-6H,7-9H2,1-2H3. The quantitative estimate of drug-likeness (QED) is 0.722. The Labute approximate surface area is 101 Å². The van der Waals surface area contributed by atoms with E-state index in [1.54, 1.807) is 29.0 Å². The Kier molecular flexibility index (Phi) is 3.13. The topological polar surface area (TPSA) is 40.6 Å². The summed E-state index contributed by atoms with van der Waals surface area (Å²) in [5, 5.41) is 0. The number of hydrogen-bond acceptors (Lipinski definition) is 2. The molecule has 0 atom stereocenters. The lowest BCUT2D eigenvalue weighted by Crippen LogP contribution is -2.50. The van der Waals surface area contributed by atoms with Gasteiger partial charge in [0.2, 0.25) is 5.91 Å². The number of nitrogens with zero attached hydrogens (tertiary/aromatic N) is 2. The van der Waals surface area contributed by atoms with Crippen molar-refractivity contribution in [2.24, 2.45) is 0 Å². The van der Waals surface area contributed by atoms with Crippen molar-refractivity contribution in [3.05, 3.63) is 35.4 Å². The van der Waals surface area contributed by atoms with Crippen LogP contribution in [0.25, 0.3) is 0 Å². The lowest BCUT2D eigenvalue weighted by atomic mass is 10.1. The number of carbonyl (C=O) groups excluding carboxylic acids is 2. The summed E-state index contributed by atoms with van der Waals surface area (Å²) in [7, 11) is 1.76. The van der Waals surface area contributed by atoms with E-state index in [2.05, 4.69) is 0 Å². The van der Waals surface area contributed by atoms with E-state index in [4.69, 9.17) is 0 Å². The highest BCUT2D eigenvalue weighted by Gasteiger charge is 2.25. The van der Waals surface area contributed by atoms with E-state index >= 15 is 0 Å². The molecule has 4 nitrogen and oxygen atoms in total. The van der Waals surface area contributed by atoms with Crippen molar-refractivity contribution >= 4 is 11.8 Å². The van der Waals surface area contributed by atoms with Crippen LogP contribution in [-0.2, 0) is 4.79 Å². The molecule has 4 heteroatoms. The minimum atomic E-state index is -0.0635. The highest BCUT2D eigenvalue weighted by molar-refractivity contribution is 5.97. The Morgan fingerprint density at radius 3 is 2.41 bits per heavy atom. The first-order valence-electron chi connectivity index (χ1n) is 5.68. The molecule has 2 rings (SSSR count). The average molecular weight is 232 g/mol. The number of rotatable bonds is 1. The van der Waals surface area contributed by atoms with Crippen molar-refractivity contribution in [2.75, 3.05) is 26.7 Å². The first-order chi connectivity index (χ1) is 8.08. The second-order valence-corrected chi connectivity index (χ2v) is 4.41. The molecule has 2 amide bonds. The SMILES string of the molecule is Cc1ccc(C(=O)N2CCN(C)C(=O)C2)cc1. The minimum Gasteiger partial charge on any atom is -0.342 e. The van der Waals surface area contributed by atoms with Crippen LogP contribution in [0.2, 0.25) is 0 Å². The van der Waals surface area contributed by atoms with Gasteiger partial charge in [0.25, 0.3) is 5.91 Å². The molecular weight excluding hydrogens is 216 g/mol. The number of likely N-dealkylation sites (N-methyl/N-ethyl adjacent to an activating group) is 1. The third-order valence-corrected chi connectivity index (χ3v) is 3.04. The zero-order chi connectivity index (χ0) is 12.4. The summed E-state index contributed by atoms with van der Waals surface area (Å²) in [5.41, 5.74) is 1.77. The van der Waals surface area contributed by atoms with E-state index in [9.17, 15) is 9.59 Å². The summed E-state index contributed by atoms with van der Waals surface area (Å²) in [6, 6.07) is 7.43. The lowest BCUT2D eigenvalue weighted by Gasteiger charge is -2.32. The molecule has 0 saturated carbocycles. The zero-order valence-electron chi connectivity index (χ0n) is 10.1. The highest BCUT2D eigenvalue weighted by atomic mass is 16.2. The first kappa shape index (κ1) is 11.6. The molecule has 0 unspecified atom stereocenters. The van der Waals surface area contributed by atoms with E-state index in [1.807, 2.05) is 19.1 Å². The summed E-state index contributed by atoms with van der Waals surface area (Å²) in [4.78, 5) is 26.9. The Morgan fingerprint density at radius 1 is 1.18 bits per heavy atom. The molecule has 1 aliphatic heterocycles. The highest BCUT2D eigenvalue weighted by Crippen LogP contribution is 2.09. The van der Waals surface area contributed by atoms with Crippen molar-refractivity contribution < 1.29 is 9.59 Å². The van der Waals surface area contributed by atoms with Crippen LogP contribution < -0.4 is 0 Å². The summed E-state index contributed by atoms with van der Waals surface area (Å²) in [5.74, 6) is -0.0665. The van der Waals surface area contributed by atoms with Gasteiger partial charge in [-0.25, -0.2) is 0 Å². The van der Waals surface area contributed by atoms with Crippen LogP contribution in [0.15, 0.2) is 24.3 Å². The number of hydrogen-bond donors (Lipinski definition) is 0. The van der Waals surface area contributed by atoms with Crippen LogP contribution in [0.1, 0.15) is 15.9 Å².